The third-order valence-corrected chi connectivity index (χ3v) is 2.86. The molecule has 0 spiro atoms. The summed E-state index contributed by atoms with van der Waals surface area (Å²) in [6, 6.07) is 0. The molecule has 0 aromatic rings. The van der Waals surface area contributed by atoms with Crippen LogP contribution in [0.25, 0.3) is 0 Å². The SMILES string of the molecule is CC1(C(F)(F)F)CCC(CBr)O1. The molecule has 0 N–H and O–H groups in total. The van der Waals surface area contributed by atoms with Crippen molar-refractivity contribution in [2.24, 2.45) is 0 Å². The normalized spacial score (nSPS) is 37.2. The highest BCUT2D eigenvalue weighted by Crippen LogP contribution is 2.43. The fourth-order valence-corrected chi connectivity index (χ4v) is 1.70. The molecule has 12 heavy (non-hydrogen) atoms. The van der Waals surface area contributed by atoms with Gasteiger partial charge in [-0.15, -0.1) is 0 Å². The third kappa shape index (κ3) is 1.76. The quantitative estimate of drug-likeness (QED) is 0.647. The lowest BCUT2D eigenvalue weighted by atomic mass is 10.0. The first-order chi connectivity index (χ1) is 5.39. The molecule has 1 fully saturated rings. The third-order valence-electron chi connectivity index (χ3n) is 2.14. The number of alkyl halides is 4. The molecule has 72 valence electrons. The van der Waals surface area contributed by atoms with Crippen LogP contribution >= 0.6 is 15.9 Å². The van der Waals surface area contributed by atoms with Gasteiger partial charge in [0.25, 0.3) is 0 Å². The number of hydrogen-bond acceptors (Lipinski definition) is 1. The van der Waals surface area contributed by atoms with Gasteiger partial charge in [-0.25, -0.2) is 0 Å². The molecule has 0 bridgehead atoms. The molecule has 0 aliphatic carbocycles. The average Bonchev–Trinajstić information content (AvgIpc) is 2.31. The summed E-state index contributed by atoms with van der Waals surface area (Å²) in [6.45, 7) is 1.11. The van der Waals surface area contributed by atoms with Crippen LogP contribution in [0.1, 0.15) is 19.8 Å². The van der Waals surface area contributed by atoms with Gasteiger partial charge in [-0.3, -0.25) is 0 Å². The summed E-state index contributed by atoms with van der Waals surface area (Å²) < 4.78 is 41.8. The molecular formula is C7H10BrF3O. The fourth-order valence-electron chi connectivity index (χ4n) is 1.24. The molecule has 0 saturated carbocycles. The lowest BCUT2D eigenvalue weighted by Gasteiger charge is -2.27. The van der Waals surface area contributed by atoms with Crippen LogP contribution in [-0.4, -0.2) is 23.2 Å². The van der Waals surface area contributed by atoms with Crippen molar-refractivity contribution in [1.29, 1.82) is 0 Å². The fraction of sp³-hybridized carbons (Fsp3) is 1.00. The Labute approximate surface area is 77.4 Å². The maximum absolute atomic E-state index is 12.3. The topological polar surface area (TPSA) is 9.23 Å². The van der Waals surface area contributed by atoms with Crippen LogP contribution in [0, 0.1) is 0 Å². The van der Waals surface area contributed by atoms with E-state index in [4.69, 9.17) is 4.74 Å². The molecule has 0 amide bonds. The maximum Gasteiger partial charge on any atom is 0.417 e. The Morgan fingerprint density at radius 1 is 1.58 bits per heavy atom. The first-order valence-corrected chi connectivity index (χ1v) is 4.82. The zero-order chi connectivity index (χ0) is 9.41. The second kappa shape index (κ2) is 3.18. The number of hydrogen-bond donors (Lipinski definition) is 0. The van der Waals surface area contributed by atoms with Crippen molar-refractivity contribution in [2.75, 3.05) is 5.33 Å². The van der Waals surface area contributed by atoms with Crippen molar-refractivity contribution in [3.8, 4) is 0 Å². The predicted molar refractivity (Wildman–Crippen MR) is 42.4 cm³/mol. The van der Waals surface area contributed by atoms with Crippen molar-refractivity contribution >= 4 is 15.9 Å². The highest BCUT2D eigenvalue weighted by molar-refractivity contribution is 9.09. The smallest absolute Gasteiger partial charge is 0.362 e. The number of ether oxygens (including phenoxy) is 1. The maximum atomic E-state index is 12.3. The second-order valence-electron chi connectivity index (χ2n) is 3.16. The minimum Gasteiger partial charge on any atom is -0.362 e. The van der Waals surface area contributed by atoms with E-state index in [9.17, 15) is 13.2 Å². The molecule has 2 unspecified atom stereocenters. The van der Waals surface area contributed by atoms with E-state index in [0.717, 1.165) is 6.92 Å². The molecule has 1 rings (SSSR count). The van der Waals surface area contributed by atoms with Gasteiger partial charge in [-0.05, 0) is 19.8 Å². The standard InChI is InChI=1S/C7H10BrF3O/c1-6(7(9,10)11)3-2-5(4-8)12-6/h5H,2-4H2,1H3. The molecule has 0 aromatic heterocycles. The van der Waals surface area contributed by atoms with Gasteiger partial charge in [0.15, 0.2) is 5.60 Å². The Kier molecular flexibility index (Phi) is 2.73. The zero-order valence-electron chi connectivity index (χ0n) is 6.62. The van der Waals surface area contributed by atoms with Gasteiger partial charge >= 0.3 is 6.18 Å². The van der Waals surface area contributed by atoms with E-state index in [0.29, 0.717) is 11.8 Å². The van der Waals surface area contributed by atoms with E-state index in [2.05, 4.69) is 15.9 Å². The highest BCUT2D eigenvalue weighted by Gasteiger charge is 2.56. The van der Waals surface area contributed by atoms with Crippen LogP contribution in [0.5, 0.6) is 0 Å². The molecular weight excluding hydrogens is 237 g/mol. The Hall–Kier alpha value is 0.230. The van der Waals surface area contributed by atoms with E-state index >= 15 is 0 Å². The monoisotopic (exact) mass is 246 g/mol. The van der Waals surface area contributed by atoms with Gasteiger partial charge in [-0.2, -0.15) is 13.2 Å². The van der Waals surface area contributed by atoms with Crippen LogP contribution in [-0.2, 0) is 4.74 Å². The largest absolute Gasteiger partial charge is 0.417 e. The molecule has 1 heterocycles. The van der Waals surface area contributed by atoms with Gasteiger partial charge in [0.2, 0.25) is 0 Å². The van der Waals surface area contributed by atoms with Gasteiger partial charge in [0.05, 0.1) is 6.10 Å². The van der Waals surface area contributed by atoms with Crippen LogP contribution in [0.15, 0.2) is 0 Å². The van der Waals surface area contributed by atoms with E-state index in [-0.39, 0.29) is 12.5 Å². The van der Waals surface area contributed by atoms with Gasteiger partial charge in [0.1, 0.15) is 0 Å². The molecule has 1 saturated heterocycles. The summed E-state index contributed by atoms with van der Waals surface area (Å²) in [6.07, 6.45) is -4.01. The summed E-state index contributed by atoms with van der Waals surface area (Å²) in [4.78, 5) is 0. The minimum absolute atomic E-state index is 0.0623. The summed E-state index contributed by atoms with van der Waals surface area (Å²) in [5, 5.41) is 0.471. The summed E-state index contributed by atoms with van der Waals surface area (Å²) in [5.41, 5.74) is -1.93. The predicted octanol–water partition coefficient (Wildman–Crippen LogP) is 2.88. The van der Waals surface area contributed by atoms with Crippen molar-refractivity contribution in [2.45, 2.75) is 37.6 Å². The minimum atomic E-state index is -4.25. The molecule has 2 atom stereocenters. The summed E-state index contributed by atoms with van der Waals surface area (Å²) in [5.74, 6) is 0. The van der Waals surface area contributed by atoms with Gasteiger partial charge in [-0.1, -0.05) is 15.9 Å². The van der Waals surface area contributed by atoms with E-state index < -0.39 is 11.8 Å². The molecule has 0 radical (unpaired) electrons. The molecule has 1 aliphatic rings. The summed E-state index contributed by atoms with van der Waals surface area (Å²) in [7, 11) is 0. The molecule has 5 heteroatoms. The molecule has 0 aromatic carbocycles. The first kappa shape index (κ1) is 10.3. The van der Waals surface area contributed by atoms with Crippen LogP contribution in [0.2, 0.25) is 0 Å². The van der Waals surface area contributed by atoms with Crippen molar-refractivity contribution in [1.82, 2.24) is 0 Å². The Bertz CT molecular complexity index is 171. The number of rotatable bonds is 1. The lowest BCUT2D eigenvalue weighted by Crippen LogP contribution is -2.42. The Morgan fingerprint density at radius 2 is 2.17 bits per heavy atom. The van der Waals surface area contributed by atoms with Crippen molar-refractivity contribution < 1.29 is 17.9 Å². The van der Waals surface area contributed by atoms with E-state index in [1.165, 1.54) is 0 Å². The van der Waals surface area contributed by atoms with Gasteiger partial charge in [0, 0.05) is 5.33 Å². The molecule has 1 nitrogen and oxygen atoms in total. The van der Waals surface area contributed by atoms with Crippen molar-refractivity contribution in [3.63, 3.8) is 0 Å². The van der Waals surface area contributed by atoms with Crippen LogP contribution < -0.4 is 0 Å². The van der Waals surface area contributed by atoms with Gasteiger partial charge < -0.3 is 4.74 Å². The first-order valence-electron chi connectivity index (χ1n) is 3.69. The lowest BCUT2D eigenvalue weighted by molar-refractivity contribution is -0.262. The Balaban J connectivity index is 2.64. The van der Waals surface area contributed by atoms with Crippen LogP contribution in [0.4, 0.5) is 13.2 Å². The number of halogens is 4. The van der Waals surface area contributed by atoms with Crippen molar-refractivity contribution in [3.05, 3.63) is 0 Å². The van der Waals surface area contributed by atoms with E-state index in [1.807, 2.05) is 0 Å². The van der Waals surface area contributed by atoms with Crippen LogP contribution in [0.3, 0.4) is 0 Å². The second-order valence-corrected chi connectivity index (χ2v) is 3.81. The Morgan fingerprint density at radius 3 is 2.42 bits per heavy atom. The average molecular weight is 247 g/mol. The molecule has 1 aliphatic heterocycles. The summed E-state index contributed by atoms with van der Waals surface area (Å²) >= 11 is 3.10. The van der Waals surface area contributed by atoms with E-state index in [1.54, 1.807) is 0 Å². The highest BCUT2D eigenvalue weighted by atomic mass is 79.9. The zero-order valence-corrected chi connectivity index (χ0v) is 8.20.